The Morgan fingerprint density at radius 2 is 2.00 bits per heavy atom. The second kappa shape index (κ2) is 7.84. The average molecular weight is 510 g/mol. The first-order valence-corrected chi connectivity index (χ1v) is 11.5. The number of fused-ring (bicyclic) bond motifs is 1. The van der Waals surface area contributed by atoms with Gasteiger partial charge in [-0.2, -0.15) is 4.31 Å². The van der Waals surface area contributed by atoms with Gasteiger partial charge in [0.15, 0.2) is 0 Å². The van der Waals surface area contributed by atoms with Gasteiger partial charge in [-0.3, -0.25) is 4.79 Å². The first-order valence-electron chi connectivity index (χ1n) is 8.98. The molecule has 28 heavy (non-hydrogen) atoms. The van der Waals surface area contributed by atoms with Crippen molar-refractivity contribution in [3.05, 3.63) is 63.7 Å². The van der Waals surface area contributed by atoms with Crippen molar-refractivity contribution in [2.45, 2.75) is 30.5 Å². The number of carbonyl (C=O) groups is 1. The van der Waals surface area contributed by atoms with Crippen LogP contribution in [-0.4, -0.2) is 31.2 Å². The van der Waals surface area contributed by atoms with Gasteiger partial charge in [0.25, 0.3) is 10.0 Å². The van der Waals surface area contributed by atoms with E-state index in [-0.39, 0.29) is 11.0 Å². The third kappa shape index (κ3) is 3.81. The molecule has 0 radical (unpaired) electrons. The Labute approximate surface area is 177 Å². The standard InChI is InChI=1S/C20H19IN2O4S/c21-16-7-3-5-14(11-16)13-22-20(24)17-8-4-10-23(17)28(25,26)19-12-15-6-1-2-9-18(15)27-19/h1-3,5-7,9,11-12,17H,4,8,10,13H2,(H,22,24)/t17-/m0/s1. The summed E-state index contributed by atoms with van der Waals surface area (Å²) in [5.74, 6) is -0.281. The predicted octanol–water partition coefficient (Wildman–Crippen LogP) is 3.51. The van der Waals surface area contributed by atoms with Crippen molar-refractivity contribution in [2.75, 3.05) is 6.54 Å². The summed E-state index contributed by atoms with van der Waals surface area (Å²) in [6.45, 7) is 0.672. The monoisotopic (exact) mass is 510 g/mol. The molecular weight excluding hydrogens is 491 g/mol. The Hall–Kier alpha value is -1.91. The van der Waals surface area contributed by atoms with Crippen molar-refractivity contribution in [3.8, 4) is 0 Å². The molecule has 4 rings (SSSR count). The number of hydrogen-bond acceptors (Lipinski definition) is 4. The summed E-state index contributed by atoms with van der Waals surface area (Å²) in [7, 11) is -3.88. The molecule has 2 aromatic carbocycles. The van der Waals surface area contributed by atoms with Crippen LogP contribution >= 0.6 is 22.6 Å². The van der Waals surface area contributed by atoms with E-state index in [2.05, 4.69) is 27.9 Å². The molecule has 1 N–H and O–H groups in total. The van der Waals surface area contributed by atoms with Gasteiger partial charge in [0.1, 0.15) is 11.6 Å². The predicted molar refractivity (Wildman–Crippen MR) is 114 cm³/mol. The van der Waals surface area contributed by atoms with Crippen molar-refractivity contribution in [1.82, 2.24) is 9.62 Å². The molecule has 1 aliphatic heterocycles. The lowest BCUT2D eigenvalue weighted by Gasteiger charge is -2.22. The highest BCUT2D eigenvalue weighted by Gasteiger charge is 2.40. The van der Waals surface area contributed by atoms with Crippen LogP contribution < -0.4 is 5.32 Å². The maximum Gasteiger partial charge on any atom is 0.277 e. The molecule has 0 unspecified atom stereocenters. The Balaban J connectivity index is 1.52. The molecule has 8 heteroatoms. The van der Waals surface area contributed by atoms with Crippen LogP contribution in [0.1, 0.15) is 18.4 Å². The van der Waals surface area contributed by atoms with Gasteiger partial charge in [-0.25, -0.2) is 8.42 Å². The number of nitrogens with zero attached hydrogens (tertiary/aromatic N) is 1. The van der Waals surface area contributed by atoms with Crippen molar-refractivity contribution >= 4 is 49.5 Å². The zero-order valence-corrected chi connectivity index (χ0v) is 17.9. The molecule has 0 saturated carbocycles. The number of sulfonamides is 1. The fraction of sp³-hybridized carbons (Fsp3) is 0.250. The Kier molecular flexibility index (Phi) is 5.44. The van der Waals surface area contributed by atoms with Gasteiger partial charge < -0.3 is 9.73 Å². The molecule has 0 spiro atoms. The Morgan fingerprint density at radius 3 is 2.79 bits per heavy atom. The molecule has 0 aliphatic carbocycles. The third-order valence-corrected chi connectivity index (χ3v) is 7.26. The highest BCUT2D eigenvalue weighted by Crippen LogP contribution is 2.30. The molecule has 0 bridgehead atoms. The zero-order valence-electron chi connectivity index (χ0n) is 15.0. The lowest BCUT2D eigenvalue weighted by Crippen LogP contribution is -2.45. The summed E-state index contributed by atoms with van der Waals surface area (Å²) < 4.78 is 34.1. The minimum Gasteiger partial charge on any atom is -0.443 e. The number of furan rings is 1. The van der Waals surface area contributed by atoms with Crippen LogP contribution in [0.4, 0.5) is 0 Å². The van der Waals surface area contributed by atoms with Crippen LogP contribution in [0.15, 0.2) is 64.1 Å². The largest absolute Gasteiger partial charge is 0.443 e. The van der Waals surface area contributed by atoms with E-state index in [1.807, 2.05) is 30.3 Å². The van der Waals surface area contributed by atoms with Crippen molar-refractivity contribution in [1.29, 1.82) is 0 Å². The molecule has 2 heterocycles. The van der Waals surface area contributed by atoms with Gasteiger partial charge in [-0.05, 0) is 59.2 Å². The molecule has 1 aromatic heterocycles. The fourth-order valence-corrected chi connectivity index (χ4v) is 5.66. The highest BCUT2D eigenvalue weighted by atomic mass is 127. The van der Waals surface area contributed by atoms with Crippen molar-refractivity contribution in [2.24, 2.45) is 0 Å². The number of halogens is 1. The second-order valence-corrected chi connectivity index (χ2v) is 9.79. The quantitative estimate of drug-likeness (QED) is 0.533. The van der Waals surface area contributed by atoms with E-state index in [4.69, 9.17) is 4.42 Å². The van der Waals surface area contributed by atoms with E-state index in [1.54, 1.807) is 18.2 Å². The van der Waals surface area contributed by atoms with E-state index in [0.717, 1.165) is 14.5 Å². The summed E-state index contributed by atoms with van der Waals surface area (Å²) in [6.07, 6.45) is 1.14. The molecule has 1 atom stereocenters. The van der Waals surface area contributed by atoms with Crippen molar-refractivity contribution in [3.63, 3.8) is 0 Å². The minimum atomic E-state index is -3.88. The maximum atomic E-state index is 13.1. The van der Waals surface area contributed by atoms with E-state index in [1.165, 1.54) is 10.4 Å². The van der Waals surface area contributed by atoms with E-state index in [0.29, 0.717) is 31.5 Å². The number of benzene rings is 2. The Bertz CT molecular complexity index is 1090. The van der Waals surface area contributed by atoms with Crippen LogP contribution in [0.5, 0.6) is 0 Å². The average Bonchev–Trinajstić information content (AvgIpc) is 3.34. The molecule has 3 aromatic rings. The Morgan fingerprint density at radius 1 is 1.18 bits per heavy atom. The van der Waals surface area contributed by atoms with E-state index in [9.17, 15) is 13.2 Å². The molecule has 1 aliphatic rings. The van der Waals surface area contributed by atoms with Crippen LogP contribution in [0.2, 0.25) is 0 Å². The number of rotatable bonds is 5. The molecule has 146 valence electrons. The summed E-state index contributed by atoms with van der Waals surface area (Å²) in [6, 6.07) is 15.8. The maximum absolute atomic E-state index is 13.1. The van der Waals surface area contributed by atoms with Gasteiger partial charge in [0.05, 0.1) is 0 Å². The van der Waals surface area contributed by atoms with Gasteiger partial charge >= 0.3 is 0 Å². The van der Waals surface area contributed by atoms with Gasteiger partial charge in [0, 0.05) is 28.1 Å². The number of para-hydroxylation sites is 1. The highest BCUT2D eigenvalue weighted by molar-refractivity contribution is 14.1. The number of carbonyl (C=O) groups excluding carboxylic acids is 1. The number of hydrogen-bond donors (Lipinski definition) is 1. The summed E-state index contributed by atoms with van der Waals surface area (Å²) in [4.78, 5) is 12.7. The molecule has 1 fully saturated rings. The normalized spacial score (nSPS) is 17.8. The van der Waals surface area contributed by atoms with Gasteiger partial charge in [0.2, 0.25) is 11.0 Å². The van der Waals surface area contributed by atoms with Crippen molar-refractivity contribution < 1.29 is 17.6 Å². The van der Waals surface area contributed by atoms with Crippen LogP contribution in [0.25, 0.3) is 11.0 Å². The second-order valence-electron chi connectivity index (χ2n) is 6.72. The molecule has 1 amide bonds. The number of nitrogens with one attached hydrogen (secondary N) is 1. The SMILES string of the molecule is O=C(NCc1cccc(I)c1)[C@@H]1CCCN1S(=O)(=O)c1cc2ccccc2o1. The lowest BCUT2D eigenvalue weighted by atomic mass is 10.2. The van der Waals surface area contributed by atoms with Crippen LogP contribution in [0, 0.1) is 3.57 Å². The first-order chi connectivity index (χ1) is 13.4. The fourth-order valence-electron chi connectivity index (χ4n) is 3.44. The zero-order chi connectivity index (χ0) is 19.7. The smallest absolute Gasteiger partial charge is 0.277 e. The summed E-state index contributed by atoms with van der Waals surface area (Å²) in [5, 5.41) is 3.47. The van der Waals surface area contributed by atoms with E-state index < -0.39 is 16.1 Å². The third-order valence-electron chi connectivity index (χ3n) is 4.83. The van der Waals surface area contributed by atoms with Crippen LogP contribution in [-0.2, 0) is 21.4 Å². The molecule has 6 nitrogen and oxygen atoms in total. The molecular formula is C20H19IN2O4S. The summed E-state index contributed by atoms with van der Waals surface area (Å²) >= 11 is 2.22. The van der Waals surface area contributed by atoms with E-state index >= 15 is 0 Å². The topological polar surface area (TPSA) is 79.6 Å². The van der Waals surface area contributed by atoms with Gasteiger partial charge in [-0.15, -0.1) is 0 Å². The lowest BCUT2D eigenvalue weighted by molar-refractivity contribution is -0.124. The first kappa shape index (κ1) is 19.4. The minimum absolute atomic E-state index is 0.119. The van der Waals surface area contributed by atoms with Crippen LogP contribution in [0.3, 0.4) is 0 Å². The molecule has 1 saturated heterocycles. The summed E-state index contributed by atoms with van der Waals surface area (Å²) in [5.41, 5.74) is 1.49. The van der Waals surface area contributed by atoms with Gasteiger partial charge in [-0.1, -0.05) is 30.3 Å². The number of amides is 1.